The van der Waals surface area contributed by atoms with E-state index in [2.05, 4.69) is 152 Å². The zero-order valence-corrected chi connectivity index (χ0v) is 61.4. The molecule has 4 aromatic carbocycles. The Morgan fingerprint density at radius 3 is 1.32 bits per heavy atom. The molecule has 4 nitrogen and oxygen atoms in total. The molecule has 4 aliphatic rings. The summed E-state index contributed by atoms with van der Waals surface area (Å²) >= 11 is 0. The number of aryl methyl sites for hydroxylation is 2. The molecule has 0 amide bonds. The Morgan fingerprint density at radius 2 is 0.828 bits per heavy atom. The number of unbranched alkanes of at least 4 members (excludes halogenated alkanes) is 36. The van der Waals surface area contributed by atoms with Crippen molar-refractivity contribution in [2.24, 2.45) is 0 Å². The Balaban J connectivity index is 1.04. The van der Waals surface area contributed by atoms with E-state index in [1.54, 1.807) is 11.1 Å². The highest BCUT2D eigenvalue weighted by Gasteiger charge is 2.47. The zero-order valence-electron chi connectivity index (χ0n) is 61.4. The van der Waals surface area contributed by atoms with Gasteiger partial charge in [-0.25, -0.2) is 0 Å². The van der Waals surface area contributed by atoms with Gasteiger partial charge in [0, 0.05) is 64.0 Å². The molecule has 0 unspecified atom stereocenters. The molecule has 0 atom stereocenters. The number of ketones is 1. The number of benzene rings is 4. The van der Waals surface area contributed by atoms with Crippen LogP contribution in [0.25, 0.3) is 22.3 Å². The molecule has 0 radical (unpaired) electrons. The summed E-state index contributed by atoms with van der Waals surface area (Å²) in [6.07, 6.45) is 59.4. The lowest BCUT2D eigenvalue weighted by atomic mass is 9.70. The second-order valence-corrected chi connectivity index (χ2v) is 31.0. The fourth-order valence-electron chi connectivity index (χ4n) is 16.8. The predicted octanol–water partition coefficient (Wildman–Crippen LogP) is 25.9. The van der Waals surface area contributed by atoms with E-state index in [0.717, 1.165) is 37.3 Å². The predicted molar refractivity (Wildman–Crippen MR) is 402 cm³/mol. The van der Waals surface area contributed by atoms with Crippen molar-refractivity contribution in [3.8, 4) is 22.3 Å². The number of fused-ring (bicyclic) bond motifs is 5. The van der Waals surface area contributed by atoms with Gasteiger partial charge in [0.1, 0.15) is 6.54 Å². The fourth-order valence-corrected chi connectivity index (χ4v) is 16.8. The van der Waals surface area contributed by atoms with Gasteiger partial charge in [-0.2, -0.15) is 4.58 Å². The molecule has 0 aromatic heterocycles. The van der Waals surface area contributed by atoms with Crippen LogP contribution >= 0.6 is 0 Å². The maximum absolute atomic E-state index is 14.9. The SMILES string of the molecule is CCCCCCCCCCCCCCCCN1/C(=C/C2=C([O-])C(=C/C3=[N+](CCCCCCCCCCCCCCCC)c4ccc(-c5ccc6c(c5)C(CCCCCCCC)(CCCCCCCC)c5cc(C)ccc5-6)cc4C3(C)C)/C2=O)C(C)(C)c2ccc(C)cc21. The lowest BCUT2D eigenvalue weighted by Gasteiger charge is -2.33. The Labute approximate surface area is 570 Å². The number of hydrogen-bond donors (Lipinski definition) is 0. The molecule has 2 heterocycles. The number of rotatable bonds is 47. The third-order valence-electron chi connectivity index (χ3n) is 22.7. The number of carbonyl (C=O) groups excluding carboxylic acids is 1. The molecule has 0 spiro atoms. The van der Waals surface area contributed by atoms with E-state index in [9.17, 15) is 9.90 Å². The average molecular weight is 1260 g/mol. The van der Waals surface area contributed by atoms with Crippen LogP contribution < -0.4 is 10.0 Å². The summed E-state index contributed by atoms with van der Waals surface area (Å²) in [5.74, 6) is -0.217. The number of allylic oxidation sites excluding steroid dienone is 5. The van der Waals surface area contributed by atoms with E-state index in [-0.39, 0.29) is 22.4 Å². The van der Waals surface area contributed by atoms with Crippen LogP contribution in [0.1, 0.15) is 358 Å². The van der Waals surface area contributed by atoms with Crippen molar-refractivity contribution in [1.29, 1.82) is 0 Å². The molecular formula is C89H132N2O2. The molecule has 93 heavy (non-hydrogen) atoms. The molecule has 2 aliphatic carbocycles. The van der Waals surface area contributed by atoms with E-state index >= 15 is 0 Å². The first kappa shape index (κ1) is 73.8. The summed E-state index contributed by atoms with van der Waals surface area (Å²) in [6.45, 7) is 24.7. The van der Waals surface area contributed by atoms with E-state index < -0.39 is 5.41 Å². The van der Waals surface area contributed by atoms with Gasteiger partial charge >= 0.3 is 0 Å². The maximum Gasteiger partial charge on any atom is 0.209 e. The Kier molecular flexibility index (Phi) is 29.8. The molecule has 0 saturated carbocycles. The Morgan fingerprint density at radius 1 is 0.419 bits per heavy atom. The summed E-state index contributed by atoms with van der Waals surface area (Å²) < 4.78 is 2.51. The highest BCUT2D eigenvalue weighted by molar-refractivity contribution is 6.24. The van der Waals surface area contributed by atoms with Gasteiger partial charge in [0.05, 0.1) is 5.41 Å². The summed E-state index contributed by atoms with van der Waals surface area (Å²) in [5.41, 5.74) is 18.2. The standard InChI is InChI=1S/C89H132N2O2/c1-11-15-19-23-27-29-31-33-35-37-39-41-45-49-61-90-81-58-54-72(71-53-56-74-73-55-51-69(5)63-78(73)89(79(74)65-71,59-47-43-25-21-17-13-3)60-48-44-26-22-18-14-4)66-80(81)88(9,10)84(90)68-76-85(92)75(86(76)93)67-83-87(7,8)77-57-52-70(6)64-82(77)91(83)62-50-46-42-40-38-36-34-32-30-28-24-20-16-12-2/h51-58,63-68H,11-50,59-62H2,1-10H3. The third-order valence-corrected chi connectivity index (χ3v) is 22.7. The Bertz CT molecular complexity index is 3100. The smallest absolute Gasteiger partial charge is 0.209 e. The topological polar surface area (TPSA) is 46.4 Å². The van der Waals surface area contributed by atoms with Gasteiger partial charge in [0.25, 0.3) is 0 Å². The quantitative estimate of drug-likeness (QED) is 0.0252. The fraction of sp³-hybridized carbons (Fsp3) is 0.640. The van der Waals surface area contributed by atoms with Gasteiger partial charge in [0.2, 0.25) is 5.69 Å². The third kappa shape index (κ3) is 19.2. The van der Waals surface area contributed by atoms with Crippen LogP contribution in [-0.4, -0.2) is 29.2 Å². The van der Waals surface area contributed by atoms with Crippen molar-refractivity contribution in [3.05, 3.63) is 141 Å². The van der Waals surface area contributed by atoms with Gasteiger partial charge < -0.3 is 10.0 Å². The van der Waals surface area contributed by atoms with Crippen molar-refractivity contribution in [1.82, 2.24) is 0 Å². The van der Waals surface area contributed by atoms with Crippen LogP contribution in [0.15, 0.2) is 108 Å². The first-order chi connectivity index (χ1) is 45.2. The molecule has 0 N–H and O–H groups in total. The minimum absolute atomic E-state index is 0.00388. The van der Waals surface area contributed by atoms with Crippen LogP contribution in [0.2, 0.25) is 0 Å². The maximum atomic E-state index is 14.9. The number of anilines is 1. The molecule has 0 fully saturated rings. The first-order valence-corrected chi connectivity index (χ1v) is 39.6. The molecule has 8 rings (SSSR count). The average Bonchev–Trinajstić information content (AvgIpc) is 1.58. The van der Waals surface area contributed by atoms with Gasteiger partial charge in [-0.15, -0.1) is 0 Å². The summed E-state index contributed by atoms with van der Waals surface area (Å²) in [7, 11) is 0. The lowest BCUT2D eigenvalue weighted by Crippen LogP contribution is -2.35. The van der Waals surface area contributed by atoms with Crippen LogP contribution in [0.5, 0.6) is 0 Å². The molecule has 4 heteroatoms. The van der Waals surface area contributed by atoms with Crippen molar-refractivity contribution in [2.45, 2.75) is 355 Å². The molecule has 2 aliphatic heterocycles. The highest BCUT2D eigenvalue weighted by atomic mass is 16.3. The lowest BCUT2D eigenvalue weighted by molar-refractivity contribution is -0.438. The van der Waals surface area contributed by atoms with Gasteiger partial charge in [-0.3, -0.25) is 4.79 Å². The molecule has 510 valence electrons. The van der Waals surface area contributed by atoms with Crippen LogP contribution in [-0.2, 0) is 21.0 Å². The van der Waals surface area contributed by atoms with Crippen molar-refractivity contribution in [2.75, 3.05) is 18.0 Å². The van der Waals surface area contributed by atoms with Crippen molar-refractivity contribution >= 4 is 22.9 Å². The molecular weight excluding hydrogens is 1130 g/mol. The first-order valence-electron chi connectivity index (χ1n) is 39.6. The van der Waals surface area contributed by atoms with E-state index in [1.165, 1.54) is 313 Å². The summed E-state index contributed by atoms with van der Waals surface area (Å²) in [6, 6.07) is 28.9. The Hall–Kier alpha value is -4.96. The van der Waals surface area contributed by atoms with E-state index in [0.29, 0.717) is 11.1 Å². The zero-order chi connectivity index (χ0) is 66.1. The van der Waals surface area contributed by atoms with Gasteiger partial charge in [-0.1, -0.05) is 333 Å². The van der Waals surface area contributed by atoms with Crippen LogP contribution in [0.3, 0.4) is 0 Å². The summed E-state index contributed by atoms with van der Waals surface area (Å²) in [5, 5.41) is 14.9. The van der Waals surface area contributed by atoms with Crippen molar-refractivity contribution < 1.29 is 14.5 Å². The number of hydrogen-bond acceptors (Lipinski definition) is 3. The minimum Gasteiger partial charge on any atom is -0.871 e. The normalized spacial score (nSPS) is 16.7. The highest BCUT2D eigenvalue weighted by Crippen LogP contribution is 2.56. The minimum atomic E-state index is -0.440. The number of Topliss-reactive ketones (excluding diaryl/α,β-unsaturated/α-hetero) is 1. The second kappa shape index (κ2) is 37.5. The molecule has 4 aromatic rings. The van der Waals surface area contributed by atoms with Crippen molar-refractivity contribution in [3.63, 3.8) is 0 Å². The van der Waals surface area contributed by atoms with Gasteiger partial charge in [-0.05, 0) is 128 Å². The second-order valence-electron chi connectivity index (χ2n) is 31.0. The van der Waals surface area contributed by atoms with Crippen LogP contribution in [0.4, 0.5) is 11.4 Å². The van der Waals surface area contributed by atoms with Crippen LogP contribution in [0, 0.1) is 13.8 Å². The monoisotopic (exact) mass is 1260 g/mol. The van der Waals surface area contributed by atoms with Gasteiger partial charge in [0.15, 0.2) is 11.5 Å². The largest absolute Gasteiger partial charge is 0.871 e. The molecule has 0 saturated heterocycles. The number of carbonyl (C=O) groups is 1. The summed E-state index contributed by atoms with van der Waals surface area (Å²) in [4.78, 5) is 17.4. The van der Waals surface area contributed by atoms with E-state index in [4.69, 9.17) is 0 Å². The van der Waals surface area contributed by atoms with E-state index in [1.807, 2.05) is 12.2 Å². The number of nitrogens with zero attached hydrogens (tertiary/aromatic N) is 2. The molecule has 0 bridgehead atoms.